The first kappa shape index (κ1) is 18.6. The number of aromatic nitrogens is 1. The molecule has 8 heteroatoms. The molecule has 6 nitrogen and oxygen atoms in total. The average Bonchev–Trinajstić information content (AvgIpc) is 3.47. The first-order valence-corrected chi connectivity index (χ1v) is 10.2. The number of carbonyl (C=O) groups excluding carboxylic acids is 2. The fraction of sp³-hybridized carbons (Fsp3) is 0.0455. The standard InChI is InChI=1S/C22H13ClN2O4S/c23-13-9-7-12(8-10-13)19(26)17-18(15-5-3-11-29-15)25(21(28)20(17)27)22-24-14-4-1-2-6-16(14)30-22/h1-11,18,26H/b19-17+. The number of hydrogen-bond donors (Lipinski definition) is 1. The van der Waals surface area contributed by atoms with E-state index in [4.69, 9.17) is 16.0 Å². The molecule has 1 fully saturated rings. The third-order valence-corrected chi connectivity index (χ3v) is 6.15. The summed E-state index contributed by atoms with van der Waals surface area (Å²) in [5, 5.41) is 11.8. The number of amides is 1. The molecular weight excluding hydrogens is 424 g/mol. The van der Waals surface area contributed by atoms with E-state index in [1.54, 1.807) is 36.4 Å². The van der Waals surface area contributed by atoms with Crippen molar-refractivity contribution in [3.63, 3.8) is 0 Å². The van der Waals surface area contributed by atoms with Crippen LogP contribution in [0.4, 0.5) is 5.13 Å². The predicted octanol–water partition coefficient (Wildman–Crippen LogP) is 5.17. The van der Waals surface area contributed by atoms with Gasteiger partial charge in [-0.3, -0.25) is 14.5 Å². The number of hydrogen-bond acceptors (Lipinski definition) is 6. The summed E-state index contributed by atoms with van der Waals surface area (Å²) >= 11 is 7.22. The molecule has 1 saturated heterocycles. The van der Waals surface area contributed by atoms with Gasteiger partial charge in [0.1, 0.15) is 17.6 Å². The van der Waals surface area contributed by atoms with Gasteiger partial charge >= 0.3 is 5.91 Å². The molecule has 5 rings (SSSR count). The van der Waals surface area contributed by atoms with E-state index in [-0.39, 0.29) is 11.3 Å². The second-order valence-corrected chi connectivity index (χ2v) is 8.10. The highest BCUT2D eigenvalue weighted by Gasteiger charge is 2.49. The quantitative estimate of drug-likeness (QED) is 0.272. The molecule has 0 radical (unpaired) electrons. The van der Waals surface area contributed by atoms with Crippen molar-refractivity contribution < 1.29 is 19.1 Å². The van der Waals surface area contributed by atoms with Crippen molar-refractivity contribution in [2.75, 3.05) is 4.90 Å². The third-order valence-electron chi connectivity index (χ3n) is 4.86. The number of para-hydroxylation sites is 1. The maximum atomic E-state index is 13.0. The number of halogens is 1. The number of benzene rings is 2. The van der Waals surface area contributed by atoms with Gasteiger partial charge in [0.2, 0.25) is 0 Å². The summed E-state index contributed by atoms with van der Waals surface area (Å²) in [6, 6.07) is 16.2. The fourth-order valence-corrected chi connectivity index (χ4v) is 4.59. The van der Waals surface area contributed by atoms with Gasteiger partial charge in [-0.25, -0.2) is 4.98 Å². The zero-order chi connectivity index (χ0) is 20.8. The zero-order valence-electron chi connectivity index (χ0n) is 15.3. The van der Waals surface area contributed by atoms with Crippen molar-refractivity contribution in [1.82, 2.24) is 4.98 Å². The maximum Gasteiger partial charge on any atom is 0.302 e. The summed E-state index contributed by atoms with van der Waals surface area (Å²) < 4.78 is 6.42. The lowest BCUT2D eigenvalue weighted by Gasteiger charge is -2.20. The average molecular weight is 437 g/mol. The minimum atomic E-state index is -0.934. The van der Waals surface area contributed by atoms with Gasteiger partial charge in [-0.2, -0.15) is 0 Å². The molecule has 1 aliphatic rings. The summed E-state index contributed by atoms with van der Waals surface area (Å²) in [6.07, 6.45) is 1.45. The second kappa shape index (κ2) is 7.12. The molecule has 2 aromatic carbocycles. The Bertz CT molecular complexity index is 1280. The van der Waals surface area contributed by atoms with E-state index in [1.807, 2.05) is 24.3 Å². The van der Waals surface area contributed by atoms with Gasteiger partial charge < -0.3 is 9.52 Å². The normalized spacial score (nSPS) is 18.4. The lowest BCUT2D eigenvalue weighted by Crippen LogP contribution is -2.29. The number of anilines is 1. The smallest absolute Gasteiger partial charge is 0.302 e. The first-order valence-electron chi connectivity index (χ1n) is 9.00. The number of Topliss-reactive ketones (excluding diaryl/α,β-unsaturated/α-hetero) is 1. The highest BCUT2D eigenvalue weighted by molar-refractivity contribution is 7.22. The molecular formula is C22H13ClN2O4S. The number of rotatable bonds is 3. The molecule has 1 N–H and O–H groups in total. The van der Waals surface area contributed by atoms with E-state index >= 15 is 0 Å². The number of thiazole rings is 1. The molecule has 3 heterocycles. The highest BCUT2D eigenvalue weighted by Crippen LogP contribution is 2.44. The van der Waals surface area contributed by atoms with Crippen LogP contribution in [0.2, 0.25) is 5.02 Å². The van der Waals surface area contributed by atoms with Crippen LogP contribution in [0.15, 0.2) is 76.9 Å². The van der Waals surface area contributed by atoms with Crippen LogP contribution in [0.1, 0.15) is 17.4 Å². The lowest BCUT2D eigenvalue weighted by atomic mass is 9.99. The molecule has 0 bridgehead atoms. The van der Waals surface area contributed by atoms with Crippen LogP contribution in [0.5, 0.6) is 0 Å². The van der Waals surface area contributed by atoms with E-state index in [9.17, 15) is 14.7 Å². The molecule has 4 aromatic rings. The van der Waals surface area contributed by atoms with Crippen LogP contribution in [0.3, 0.4) is 0 Å². The SMILES string of the molecule is O=C1C(=O)N(c2nc3ccccc3s2)C(c2ccco2)/C1=C(\O)c1ccc(Cl)cc1. The zero-order valence-corrected chi connectivity index (χ0v) is 16.9. The van der Waals surface area contributed by atoms with Crippen LogP contribution in [-0.4, -0.2) is 21.8 Å². The predicted molar refractivity (Wildman–Crippen MR) is 115 cm³/mol. The van der Waals surface area contributed by atoms with Crippen LogP contribution >= 0.6 is 22.9 Å². The van der Waals surface area contributed by atoms with Crippen LogP contribution in [-0.2, 0) is 9.59 Å². The number of furan rings is 1. The summed E-state index contributed by atoms with van der Waals surface area (Å²) in [7, 11) is 0. The molecule has 0 spiro atoms. The Morgan fingerprint density at radius 3 is 2.53 bits per heavy atom. The molecule has 1 unspecified atom stereocenters. The van der Waals surface area contributed by atoms with Gasteiger partial charge in [0.25, 0.3) is 5.78 Å². The second-order valence-electron chi connectivity index (χ2n) is 6.66. The molecule has 1 aliphatic heterocycles. The van der Waals surface area contributed by atoms with Crippen molar-refractivity contribution in [3.05, 3.63) is 88.8 Å². The highest BCUT2D eigenvalue weighted by atomic mass is 35.5. The summed E-state index contributed by atoms with van der Waals surface area (Å²) in [5.41, 5.74) is 1.03. The topological polar surface area (TPSA) is 83.6 Å². The van der Waals surface area contributed by atoms with Crippen molar-refractivity contribution >= 4 is 55.7 Å². The molecule has 0 saturated carbocycles. The minimum absolute atomic E-state index is 0.0588. The molecule has 148 valence electrons. The minimum Gasteiger partial charge on any atom is -0.507 e. The Balaban J connectivity index is 1.71. The van der Waals surface area contributed by atoms with Gasteiger partial charge in [0.05, 0.1) is 22.1 Å². The largest absolute Gasteiger partial charge is 0.507 e. The number of fused-ring (bicyclic) bond motifs is 1. The van der Waals surface area contributed by atoms with Gasteiger partial charge in [-0.05, 0) is 48.5 Å². The Morgan fingerprint density at radius 1 is 1.07 bits per heavy atom. The van der Waals surface area contributed by atoms with Gasteiger partial charge in [-0.1, -0.05) is 35.1 Å². The van der Waals surface area contributed by atoms with Gasteiger partial charge in [-0.15, -0.1) is 0 Å². The molecule has 1 amide bonds. The Hall–Kier alpha value is -3.42. The van der Waals surface area contributed by atoms with Crippen molar-refractivity contribution in [2.24, 2.45) is 0 Å². The monoisotopic (exact) mass is 436 g/mol. The first-order chi connectivity index (χ1) is 14.5. The molecule has 1 atom stereocenters. The van der Waals surface area contributed by atoms with E-state index in [2.05, 4.69) is 4.98 Å². The summed E-state index contributed by atoms with van der Waals surface area (Å²) in [4.78, 5) is 31.8. The summed E-state index contributed by atoms with van der Waals surface area (Å²) in [5.74, 6) is -1.52. The number of ketones is 1. The van der Waals surface area contributed by atoms with Gasteiger partial charge in [0, 0.05) is 10.6 Å². The van der Waals surface area contributed by atoms with Crippen molar-refractivity contribution in [1.29, 1.82) is 0 Å². The van der Waals surface area contributed by atoms with E-state index in [0.29, 0.717) is 21.5 Å². The number of aliphatic hydroxyl groups excluding tert-OH is 1. The number of nitrogens with zero attached hydrogens (tertiary/aromatic N) is 2. The Kier molecular flexibility index (Phi) is 4.42. The molecule has 0 aliphatic carbocycles. The third kappa shape index (κ3) is 2.91. The summed E-state index contributed by atoms with van der Waals surface area (Å²) in [6.45, 7) is 0. The maximum absolute atomic E-state index is 13.0. The van der Waals surface area contributed by atoms with Crippen LogP contribution in [0, 0.1) is 0 Å². The van der Waals surface area contributed by atoms with Crippen LogP contribution in [0.25, 0.3) is 16.0 Å². The van der Waals surface area contributed by atoms with Gasteiger partial charge in [0.15, 0.2) is 5.13 Å². The van der Waals surface area contributed by atoms with Crippen molar-refractivity contribution in [3.8, 4) is 0 Å². The molecule has 2 aromatic heterocycles. The number of aliphatic hydroxyl groups is 1. The van der Waals surface area contributed by atoms with E-state index in [0.717, 1.165) is 10.2 Å². The lowest BCUT2D eigenvalue weighted by molar-refractivity contribution is -0.132. The fourth-order valence-electron chi connectivity index (χ4n) is 3.47. The number of carbonyl (C=O) groups is 2. The van der Waals surface area contributed by atoms with Crippen LogP contribution < -0.4 is 4.90 Å². The van der Waals surface area contributed by atoms with E-state index in [1.165, 1.54) is 22.5 Å². The van der Waals surface area contributed by atoms with Crippen molar-refractivity contribution in [2.45, 2.75) is 6.04 Å². The van der Waals surface area contributed by atoms with E-state index < -0.39 is 17.7 Å². The Labute approximate surface area is 179 Å². The molecule has 30 heavy (non-hydrogen) atoms. The Morgan fingerprint density at radius 2 is 1.83 bits per heavy atom.